The molecule has 3 rings (SSSR count). The molecule has 146 valence electrons. The second kappa shape index (κ2) is 8.24. The van der Waals surface area contributed by atoms with Gasteiger partial charge >= 0.3 is 0 Å². The lowest BCUT2D eigenvalue weighted by Crippen LogP contribution is -2.40. The van der Waals surface area contributed by atoms with Gasteiger partial charge in [-0.25, -0.2) is 0 Å². The van der Waals surface area contributed by atoms with E-state index in [2.05, 4.69) is 37.8 Å². The van der Waals surface area contributed by atoms with Gasteiger partial charge in [0.05, 0.1) is 5.92 Å². The SMILES string of the molecule is CC(CC(=O)N1CCCC(c2nc(-c3ccccc3)no2)C1)CC(C)(C)C. The van der Waals surface area contributed by atoms with E-state index >= 15 is 0 Å². The highest BCUT2D eigenvalue weighted by atomic mass is 16.5. The van der Waals surface area contributed by atoms with Crippen molar-refractivity contribution in [1.29, 1.82) is 0 Å². The smallest absolute Gasteiger partial charge is 0.231 e. The van der Waals surface area contributed by atoms with E-state index < -0.39 is 0 Å². The van der Waals surface area contributed by atoms with E-state index in [0.717, 1.165) is 31.4 Å². The quantitative estimate of drug-likeness (QED) is 0.752. The van der Waals surface area contributed by atoms with E-state index in [-0.39, 0.29) is 17.2 Å². The number of carbonyl (C=O) groups is 1. The third-order valence-corrected chi connectivity index (χ3v) is 5.08. The minimum atomic E-state index is 0.130. The van der Waals surface area contributed by atoms with Crippen molar-refractivity contribution in [1.82, 2.24) is 15.0 Å². The van der Waals surface area contributed by atoms with Crippen LogP contribution in [-0.2, 0) is 4.79 Å². The van der Waals surface area contributed by atoms with Crippen molar-refractivity contribution in [3.63, 3.8) is 0 Å². The third kappa shape index (κ3) is 5.41. The molecule has 1 aromatic heterocycles. The van der Waals surface area contributed by atoms with Crippen LogP contribution in [0.5, 0.6) is 0 Å². The Morgan fingerprint density at radius 1 is 1.30 bits per heavy atom. The van der Waals surface area contributed by atoms with Gasteiger partial charge in [0.15, 0.2) is 0 Å². The molecule has 1 aliphatic rings. The summed E-state index contributed by atoms with van der Waals surface area (Å²) in [5.74, 6) is 2.04. The topological polar surface area (TPSA) is 59.2 Å². The maximum absolute atomic E-state index is 12.8. The molecule has 1 aromatic carbocycles. The average Bonchev–Trinajstić information content (AvgIpc) is 3.11. The molecule has 0 saturated carbocycles. The third-order valence-electron chi connectivity index (χ3n) is 5.08. The zero-order valence-electron chi connectivity index (χ0n) is 16.9. The molecule has 1 amide bonds. The van der Waals surface area contributed by atoms with Crippen LogP contribution < -0.4 is 0 Å². The molecule has 1 fully saturated rings. The molecule has 2 atom stereocenters. The highest BCUT2D eigenvalue weighted by Gasteiger charge is 2.29. The number of aromatic nitrogens is 2. The number of amides is 1. The first-order valence-electron chi connectivity index (χ1n) is 9.98. The molecule has 27 heavy (non-hydrogen) atoms. The Kier molecular flexibility index (Phi) is 5.98. The normalized spacial score (nSPS) is 19.1. The molecule has 5 nitrogen and oxygen atoms in total. The molecular weight excluding hydrogens is 338 g/mol. The van der Waals surface area contributed by atoms with E-state index in [0.29, 0.717) is 30.6 Å². The van der Waals surface area contributed by atoms with E-state index in [4.69, 9.17) is 4.52 Å². The number of piperidine rings is 1. The average molecular weight is 370 g/mol. The summed E-state index contributed by atoms with van der Waals surface area (Å²) in [5.41, 5.74) is 1.20. The van der Waals surface area contributed by atoms with Gasteiger partial charge in [-0.05, 0) is 30.6 Å². The second-order valence-electron chi connectivity index (χ2n) is 9.08. The molecule has 1 aliphatic heterocycles. The van der Waals surface area contributed by atoms with Crippen LogP contribution in [-0.4, -0.2) is 34.0 Å². The largest absolute Gasteiger partial charge is 0.342 e. The lowest BCUT2D eigenvalue weighted by Gasteiger charge is -2.32. The van der Waals surface area contributed by atoms with Crippen LogP contribution in [0.1, 0.15) is 65.2 Å². The number of carbonyl (C=O) groups excluding carboxylic acids is 1. The Labute approximate surface area is 162 Å². The predicted molar refractivity (Wildman–Crippen MR) is 106 cm³/mol. The van der Waals surface area contributed by atoms with Gasteiger partial charge < -0.3 is 9.42 Å². The Hall–Kier alpha value is -2.17. The van der Waals surface area contributed by atoms with Crippen molar-refractivity contribution in [3.8, 4) is 11.4 Å². The van der Waals surface area contributed by atoms with Gasteiger partial charge in [-0.2, -0.15) is 4.98 Å². The van der Waals surface area contributed by atoms with Crippen LogP contribution in [0, 0.1) is 11.3 Å². The standard InChI is InChI=1S/C22H31N3O2/c1-16(14-22(2,3)4)13-19(26)25-12-8-11-18(15-25)21-23-20(24-27-21)17-9-6-5-7-10-17/h5-7,9-10,16,18H,8,11-15H2,1-4H3. The fourth-order valence-electron chi connectivity index (χ4n) is 4.06. The molecule has 1 saturated heterocycles. The van der Waals surface area contributed by atoms with Crippen LogP contribution in [0.4, 0.5) is 0 Å². The molecular formula is C22H31N3O2. The summed E-state index contributed by atoms with van der Waals surface area (Å²) in [4.78, 5) is 19.3. The highest BCUT2D eigenvalue weighted by molar-refractivity contribution is 5.76. The summed E-state index contributed by atoms with van der Waals surface area (Å²) in [6.45, 7) is 10.4. The Balaban J connectivity index is 1.61. The Bertz CT molecular complexity index is 748. The van der Waals surface area contributed by atoms with Gasteiger partial charge in [-0.1, -0.05) is 63.2 Å². The van der Waals surface area contributed by atoms with Crippen molar-refractivity contribution in [3.05, 3.63) is 36.2 Å². The van der Waals surface area contributed by atoms with Crippen LogP contribution in [0.2, 0.25) is 0 Å². The van der Waals surface area contributed by atoms with E-state index in [1.54, 1.807) is 0 Å². The molecule has 2 heterocycles. The van der Waals surface area contributed by atoms with Gasteiger partial charge in [0, 0.05) is 25.1 Å². The molecule has 0 N–H and O–H groups in total. The minimum absolute atomic E-state index is 0.130. The summed E-state index contributed by atoms with van der Waals surface area (Å²) >= 11 is 0. The van der Waals surface area contributed by atoms with E-state index in [1.807, 2.05) is 35.2 Å². The molecule has 0 bridgehead atoms. The first-order chi connectivity index (χ1) is 12.8. The van der Waals surface area contributed by atoms with Crippen molar-refractivity contribution < 1.29 is 9.32 Å². The van der Waals surface area contributed by atoms with Gasteiger partial charge in [0.1, 0.15) is 0 Å². The van der Waals surface area contributed by atoms with E-state index in [9.17, 15) is 4.79 Å². The first kappa shape index (κ1) is 19.6. The monoisotopic (exact) mass is 369 g/mol. The van der Waals surface area contributed by atoms with Crippen LogP contribution in [0.25, 0.3) is 11.4 Å². The van der Waals surface area contributed by atoms with Crippen molar-refractivity contribution in [2.75, 3.05) is 13.1 Å². The molecule has 0 spiro atoms. The summed E-state index contributed by atoms with van der Waals surface area (Å²) in [6.07, 6.45) is 3.63. The number of hydrogen-bond donors (Lipinski definition) is 0. The first-order valence-corrected chi connectivity index (χ1v) is 9.98. The maximum Gasteiger partial charge on any atom is 0.231 e. The zero-order valence-corrected chi connectivity index (χ0v) is 16.9. The van der Waals surface area contributed by atoms with Crippen molar-refractivity contribution >= 4 is 5.91 Å². The van der Waals surface area contributed by atoms with Gasteiger partial charge in [0.25, 0.3) is 0 Å². The summed E-state index contributed by atoms with van der Waals surface area (Å²) in [6, 6.07) is 9.84. The second-order valence-corrected chi connectivity index (χ2v) is 9.08. The molecule has 2 aromatic rings. The number of hydrogen-bond acceptors (Lipinski definition) is 4. The van der Waals surface area contributed by atoms with Crippen LogP contribution in [0.3, 0.4) is 0 Å². The van der Waals surface area contributed by atoms with Crippen LogP contribution in [0.15, 0.2) is 34.9 Å². The number of likely N-dealkylation sites (tertiary alicyclic amines) is 1. The van der Waals surface area contributed by atoms with Gasteiger partial charge in [0.2, 0.25) is 17.6 Å². The minimum Gasteiger partial charge on any atom is -0.342 e. The van der Waals surface area contributed by atoms with Crippen molar-refractivity contribution in [2.45, 2.75) is 59.3 Å². The summed E-state index contributed by atoms with van der Waals surface area (Å²) in [7, 11) is 0. The lowest BCUT2D eigenvalue weighted by molar-refractivity contribution is -0.133. The number of nitrogens with zero attached hydrogens (tertiary/aromatic N) is 3. The molecule has 5 heteroatoms. The van der Waals surface area contributed by atoms with Gasteiger partial charge in [-0.15, -0.1) is 0 Å². The lowest BCUT2D eigenvalue weighted by atomic mass is 9.84. The highest BCUT2D eigenvalue weighted by Crippen LogP contribution is 2.30. The van der Waals surface area contributed by atoms with Crippen LogP contribution >= 0.6 is 0 Å². The summed E-state index contributed by atoms with van der Waals surface area (Å²) < 4.78 is 5.53. The molecule has 0 aliphatic carbocycles. The Morgan fingerprint density at radius 2 is 2.04 bits per heavy atom. The Morgan fingerprint density at radius 3 is 2.74 bits per heavy atom. The zero-order chi connectivity index (χ0) is 19.4. The van der Waals surface area contributed by atoms with Crippen molar-refractivity contribution in [2.24, 2.45) is 11.3 Å². The molecule has 0 radical (unpaired) electrons. The molecule has 2 unspecified atom stereocenters. The predicted octanol–water partition coefficient (Wildman–Crippen LogP) is 4.91. The number of rotatable bonds is 5. The summed E-state index contributed by atoms with van der Waals surface area (Å²) in [5, 5.41) is 4.13. The number of benzene rings is 1. The van der Waals surface area contributed by atoms with E-state index in [1.165, 1.54) is 0 Å². The van der Waals surface area contributed by atoms with Gasteiger partial charge in [-0.3, -0.25) is 4.79 Å². The fourth-order valence-corrected chi connectivity index (χ4v) is 4.06. The fraction of sp³-hybridized carbons (Fsp3) is 0.591. The maximum atomic E-state index is 12.8.